The second-order valence-electron chi connectivity index (χ2n) is 4.03. The van der Waals surface area contributed by atoms with Crippen molar-refractivity contribution in [3.05, 3.63) is 57.2 Å². The summed E-state index contributed by atoms with van der Waals surface area (Å²) < 4.78 is 11.7. The van der Waals surface area contributed by atoms with Gasteiger partial charge < -0.3 is 9.47 Å². The van der Waals surface area contributed by atoms with Crippen molar-refractivity contribution in [2.24, 2.45) is 0 Å². The molecule has 0 amide bonds. The maximum absolute atomic E-state index is 5.25. The van der Waals surface area contributed by atoms with Gasteiger partial charge in [-0.15, -0.1) is 0 Å². The Balaban J connectivity index is 2.24. The van der Waals surface area contributed by atoms with E-state index >= 15 is 0 Å². The van der Waals surface area contributed by atoms with Gasteiger partial charge in [-0.3, -0.25) is 0 Å². The predicted octanol–water partition coefficient (Wildman–Crippen LogP) is 4.48. The van der Waals surface area contributed by atoms with Crippen LogP contribution in [0.15, 0.2) is 42.5 Å². The summed E-state index contributed by atoms with van der Waals surface area (Å²) in [5.41, 5.74) is 2.22. The van der Waals surface area contributed by atoms with E-state index in [0.29, 0.717) is 0 Å². The molecule has 0 aliphatic carbocycles. The van der Waals surface area contributed by atoms with Crippen LogP contribution < -0.4 is 9.47 Å². The molecule has 0 bridgehead atoms. The highest BCUT2D eigenvalue weighted by Gasteiger charge is 1.99. The molecule has 0 unspecified atom stereocenters. The van der Waals surface area contributed by atoms with Gasteiger partial charge in [0.1, 0.15) is 11.5 Å². The van der Waals surface area contributed by atoms with Gasteiger partial charge in [-0.1, -0.05) is 24.3 Å². The average Bonchev–Trinajstić information content (AvgIpc) is 2.46. The van der Waals surface area contributed by atoms with E-state index in [1.165, 1.54) is 9.13 Å². The highest BCUT2D eigenvalue weighted by Crippen LogP contribution is 2.23. The lowest BCUT2D eigenvalue weighted by Crippen LogP contribution is -1.88. The van der Waals surface area contributed by atoms with Gasteiger partial charge in [0.2, 0.25) is 0 Å². The molecule has 0 aliphatic rings. The van der Waals surface area contributed by atoms with Crippen molar-refractivity contribution in [1.82, 2.24) is 0 Å². The van der Waals surface area contributed by atoms with Crippen molar-refractivity contribution in [3.8, 4) is 11.5 Å². The number of hydrogen-bond acceptors (Lipinski definition) is 2. The van der Waals surface area contributed by atoms with Crippen LogP contribution in [-0.2, 0) is 0 Å². The third-order valence-corrected chi connectivity index (χ3v) is 3.43. The van der Waals surface area contributed by atoms with Crippen LogP contribution in [-0.4, -0.2) is 14.2 Å². The van der Waals surface area contributed by atoms with Gasteiger partial charge in [0.05, 0.1) is 14.2 Å². The molecule has 98 valence electrons. The molecule has 0 radical (unpaired) electrons. The molecule has 19 heavy (non-hydrogen) atoms. The second-order valence-corrected chi connectivity index (χ2v) is 5.28. The van der Waals surface area contributed by atoms with Gasteiger partial charge in [0.15, 0.2) is 0 Å². The Bertz CT molecular complexity index is 552. The minimum Gasteiger partial charge on any atom is -0.497 e. The third kappa shape index (κ3) is 3.99. The molecule has 0 aromatic heterocycles. The number of methoxy groups -OCH3 is 2. The van der Waals surface area contributed by atoms with E-state index in [9.17, 15) is 0 Å². The lowest BCUT2D eigenvalue weighted by Gasteiger charge is -2.05. The van der Waals surface area contributed by atoms with Crippen molar-refractivity contribution >= 4 is 34.7 Å². The van der Waals surface area contributed by atoms with Crippen LogP contribution in [0.1, 0.15) is 11.1 Å². The SMILES string of the molecule is COc1cc(/C=C/c2ccc(I)cc2)cc(OC)c1. The number of ether oxygens (including phenoxy) is 2. The summed E-state index contributed by atoms with van der Waals surface area (Å²) in [7, 11) is 3.31. The zero-order valence-corrected chi connectivity index (χ0v) is 13.0. The van der Waals surface area contributed by atoms with E-state index in [-0.39, 0.29) is 0 Å². The largest absolute Gasteiger partial charge is 0.497 e. The summed E-state index contributed by atoms with van der Waals surface area (Å²) in [4.78, 5) is 0. The molecule has 0 heterocycles. The maximum Gasteiger partial charge on any atom is 0.123 e. The first-order valence-corrected chi connectivity index (χ1v) is 6.96. The third-order valence-electron chi connectivity index (χ3n) is 2.71. The first kappa shape index (κ1) is 13.9. The highest BCUT2D eigenvalue weighted by molar-refractivity contribution is 14.1. The van der Waals surface area contributed by atoms with Gasteiger partial charge in [0.25, 0.3) is 0 Å². The van der Waals surface area contributed by atoms with E-state index in [0.717, 1.165) is 17.1 Å². The first-order chi connectivity index (χ1) is 9.21. The monoisotopic (exact) mass is 366 g/mol. The van der Waals surface area contributed by atoms with Gasteiger partial charge in [0, 0.05) is 9.64 Å². The van der Waals surface area contributed by atoms with Crippen LogP contribution >= 0.6 is 22.6 Å². The fourth-order valence-electron chi connectivity index (χ4n) is 1.69. The molecule has 0 fully saturated rings. The Hall–Kier alpha value is -1.49. The van der Waals surface area contributed by atoms with Crippen LogP contribution in [0, 0.1) is 3.57 Å². The summed E-state index contributed by atoms with van der Waals surface area (Å²) in [5, 5.41) is 0. The van der Waals surface area contributed by atoms with E-state index in [1.807, 2.05) is 24.3 Å². The van der Waals surface area contributed by atoms with Crippen molar-refractivity contribution in [3.63, 3.8) is 0 Å². The molecule has 0 atom stereocenters. The Morgan fingerprint density at radius 3 is 1.84 bits per heavy atom. The smallest absolute Gasteiger partial charge is 0.123 e. The summed E-state index contributed by atoms with van der Waals surface area (Å²) in [6.07, 6.45) is 4.12. The number of halogens is 1. The fraction of sp³-hybridized carbons (Fsp3) is 0.125. The van der Waals surface area contributed by atoms with Gasteiger partial charge >= 0.3 is 0 Å². The van der Waals surface area contributed by atoms with E-state index in [2.05, 4.69) is 52.9 Å². The van der Waals surface area contributed by atoms with Crippen molar-refractivity contribution in [2.45, 2.75) is 0 Å². The van der Waals surface area contributed by atoms with Crippen LogP contribution in [0.5, 0.6) is 11.5 Å². The van der Waals surface area contributed by atoms with Crippen molar-refractivity contribution < 1.29 is 9.47 Å². The molecule has 0 saturated heterocycles. The van der Waals surface area contributed by atoms with Gasteiger partial charge in [-0.2, -0.15) is 0 Å². The summed E-state index contributed by atoms with van der Waals surface area (Å²) in [6, 6.07) is 14.2. The minimum atomic E-state index is 0.793. The first-order valence-electron chi connectivity index (χ1n) is 5.88. The van der Waals surface area contributed by atoms with Crippen LogP contribution in [0.3, 0.4) is 0 Å². The van der Waals surface area contributed by atoms with Crippen molar-refractivity contribution in [2.75, 3.05) is 14.2 Å². The second kappa shape index (κ2) is 6.61. The number of benzene rings is 2. The van der Waals surface area contributed by atoms with Gasteiger partial charge in [-0.25, -0.2) is 0 Å². The minimum absolute atomic E-state index is 0.793. The topological polar surface area (TPSA) is 18.5 Å². The Morgan fingerprint density at radius 1 is 0.789 bits per heavy atom. The molecular formula is C16H15IO2. The summed E-state index contributed by atoms with van der Waals surface area (Å²) >= 11 is 2.30. The molecule has 2 rings (SSSR count). The average molecular weight is 366 g/mol. The van der Waals surface area contributed by atoms with Crippen molar-refractivity contribution in [1.29, 1.82) is 0 Å². The number of hydrogen-bond donors (Lipinski definition) is 0. The predicted molar refractivity (Wildman–Crippen MR) is 87.6 cm³/mol. The van der Waals surface area contributed by atoms with Crippen LogP contribution in [0.2, 0.25) is 0 Å². The van der Waals surface area contributed by atoms with E-state index < -0.39 is 0 Å². The molecule has 0 N–H and O–H groups in total. The Kier molecular flexibility index (Phi) is 4.85. The number of rotatable bonds is 4. The Morgan fingerprint density at radius 2 is 1.32 bits per heavy atom. The molecule has 2 aromatic rings. The standard InChI is InChI=1S/C16H15IO2/c1-18-15-9-13(10-16(11-15)19-2)4-3-12-5-7-14(17)8-6-12/h3-11H,1-2H3/b4-3+. The summed E-state index contributed by atoms with van der Waals surface area (Å²) in [5.74, 6) is 1.59. The molecule has 2 nitrogen and oxygen atoms in total. The highest BCUT2D eigenvalue weighted by atomic mass is 127. The molecule has 0 saturated carbocycles. The van der Waals surface area contributed by atoms with Crippen LogP contribution in [0.25, 0.3) is 12.2 Å². The van der Waals surface area contributed by atoms with E-state index in [1.54, 1.807) is 14.2 Å². The molecule has 0 aliphatic heterocycles. The summed E-state index contributed by atoms with van der Waals surface area (Å²) in [6.45, 7) is 0. The molecule has 3 heteroatoms. The lowest BCUT2D eigenvalue weighted by atomic mass is 10.1. The molecular weight excluding hydrogens is 351 g/mol. The quantitative estimate of drug-likeness (QED) is 0.587. The van der Waals surface area contributed by atoms with E-state index in [4.69, 9.17) is 9.47 Å². The van der Waals surface area contributed by atoms with Crippen LogP contribution in [0.4, 0.5) is 0 Å². The fourth-order valence-corrected chi connectivity index (χ4v) is 2.05. The maximum atomic E-state index is 5.25. The normalized spacial score (nSPS) is 10.7. The Labute approximate surface area is 127 Å². The zero-order chi connectivity index (χ0) is 13.7. The molecule has 2 aromatic carbocycles. The zero-order valence-electron chi connectivity index (χ0n) is 10.9. The lowest BCUT2D eigenvalue weighted by molar-refractivity contribution is 0.394. The molecule has 0 spiro atoms. The van der Waals surface area contributed by atoms with Gasteiger partial charge in [-0.05, 0) is 58.0 Å².